The van der Waals surface area contributed by atoms with Gasteiger partial charge in [0.1, 0.15) is 0 Å². The summed E-state index contributed by atoms with van der Waals surface area (Å²) in [4.78, 5) is 22.4. The molecule has 1 aliphatic carbocycles. The van der Waals surface area contributed by atoms with Crippen LogP contribution in [0.2, 0.25) is 0 Å². The SMILES string of the molecule is CC(CN)C(=O)NC1CCCC(C(=O)O)C1. The summed E-state index contributed by atoms with van der Waals surface area (Å²) in [6.07, 6.45) is 2.98. The Bertz CT molecular complexity index is 268. The van der Waals surface area contributed by atoms with Crippen LogP contribution in [0.15, 0.2) is 0 Å². The molecule has 1 saturated carbocycles. The third-order valence-corrected chi connectivity index (χ3v) is 3.17. The average molecular weight is 228 g/mol. The summed E-state index contributed by atoms with van der Waals surface area (Å²) in [7, 11) is 0. The van der Waals surface area contributed by atoms with E-state index in [9.17, 15) is 9.59 Å². The first kappa shape index (κ1) is 13.0. The van der Waals surface area contributed by atoms with Gasteiger partial charge in [0, 0.05) is 18.5 Å². The van der Waals surface area contributed by atoms with Crippen molar-refractivity contribution in [1.29, 1.82) is 0 Å². The normalized spacial score (nSPS) is 27.1. The second kappa shape index (κ2) is 5.84. The van der Waals surface area contributed by atoms with Gasteiger partial charge in [-0.1, -0.05) is 13.3 Å². The number of aliphatic carboxylic acids is 1. The molecular weight excluding hydrogens is 208 g/mol. The minimum atomic E-state index is -0.758. The van der Waals surface area contributed by atoms with Crippen molar-refractivity contribution in [1.82, 2.24) is 5.32 Å². The molecule has 0 aliphatic heterocycles. The van der Waals surface area contributed by atoms with Crippen LogP contribution in [0.1, 0.15) is 32.6 Å². The molecule has 92 valence electrons. The van der Waals surface area contributed by atoms with E-state index in [0.29, 0.717) is 19.4 Å². The highest BCUT2D eigenvalue weighted by Crippen LogP contribution is 2.24. The van der Waals surface area contributed by atoms with E-state index in [-0.39, 0.29) is 23.8 Å². The maximum absolute atomic E-state index is 11.6. The molecule has 0 bridgehead atoms. The number of hydrogen-bond acceptors (Lipinski definition) is 3. The number of carboxylic acid groups (broad SMARTS) is 1. The summed E-state index contributed by atoms with van der Waals surface area (Å²) in [5.41, 5.74) is 5.40. The van der Waals surface area contributed by atoms with Crippen LogP contribution in [0.5, 0.6) is 0 Å². The molecule has 0 aromatic carbocycles. The van der Waals surface area contributed by atoms with E-state index < -0.39 is 5.97 Å². The molecular formula is C11H20N2O3. The van der Waals surface area contributed by atoms with E-state index in [4.69, 9.17) is 10.8 Å². The van der Waals surface area contributed by atoms with E-state index in [2.05, 4.69) is 5.32 Å². The number of carbonyl (C=O) groups excluding carboxylic acids is 1. The predicted molar refractivity (Wildman–Crippen MR) is 59.7 cm³/mol. The van der Waals surface area contributed by atoms with Gasteiger partial charge in [-0.2, -0.15) is 0 Å². The van der Waals surface area contributed by atoms with Gasteiger partial charge in [-0.05, 0) is 19.3 Å². The van der Waals surface area contributed by atoms with E-state index in [1.54, 1.807) is 6.92 Å². The number of carboxylic acids is 1. The Hall–Kier alpha value is -1.10. The zero-order valence-electron chi connectivity index (χ0n) is 9.61. The second-order valence-corrected chi connectivity index (χ2v) is 4.54. The monoisotopic (exact) mass is 228 g/mol. The molecule has 1 amide bonds. The molecule has 5 nitrogen and oxygen atoms in total. The van der Waals surface area contributed by atoms with Gasteiger partial charge >= 0.3 is 5.97 Å². The van der Waals surface area contributed by atoms with Crippen LogP contribution < -0.4 is 11.1 Å². The van der Waals surface area contributed by atoms with Gasteiger partial charge < -0.3 is 16.2 Å². The summed E-state index contributed by atoms with van der Waals surface area (Å²) in [6, 6.07) is -0.00338. The number of hydrogen-bond donors (Lipinski definition) is 3. The van der Waals surface area contributed by atoms with Crippen molar-refractivity contribution in [2.45, 2.75) is 38.6 Å². The summed E-state index contributed by atoms with van der Waals surface area (Å²) in [5.74, 6) is -1.35. The minimum Gasteiger partial charge on any atom is -0.481 e. The highest BCUT2D eigenvalue weighted by molar-refractivity contribution is 5.79. The summed E-state index contributed by atoms with van der Waals surface area (Å²) < 4.78 is 0. The van der Waals surface area contributed by atoms with E-state index in [1.165, 1.54) is 0 Å². The van der Waals surface area contributed by atoms with E-state index >= 15 is 0 Å². The Kier molecular flexibility index (Phi) is 4.73. The molecule has 1 aliphatic rings. The molecule has 16 heavy (non-hydrogen) atoms. The van der Waals surface area contributed by atoms with Gasteiger partial charge in [0.15, 0.2) is 0 Å². The van der Waals surface area contributed by atoms with Crippen molar-refractivity contribution in [2.75, 3.05) is 6.54 Å². The molecule has 0 radical (unpaired) electrons. The van der Waals surface area contributed by atoms with Crippen LogP contribution in [-0.4, -0.2) is 29.6 Å². The number of amides is 1. The summed E-state index contributed by atoms with van der Waals surface area (Å²) in [5, 5.41) is 11.8. The van der Waals surface area contributed by atoms with Crippen LogP contribution in [0.4, 0.5) is 0 Å². The molecule has 0 aromatic rings. The van der Waals surface area contributed by atoms with Gasteiger partial charge in [-0.25, -0.2) is 0 Å². The maximum Gasteiger partial charge on any atom is 0.306 e. The van der Waals surface area contributed by atoms with Crippen LogP contribution in [0.25, 0.3) is 0 Å². The van der Waals surface area contributed by atoms with Crippen LogP contribution in [0, 0.1) is 11.8 Å². The number of nitrogens with one attached hydrogen (secondary N) is 1. The Balaban J connectivity index is 2.43. The van der Waals surface area contributed by atoms with Gasteiger partial charge in [0.25, 0.3) is 0 Å². The van der Waals surface area contributed by atoms with Crippen molar-refractivity contribution in [2.24, 2.45) is 17.6 Å². The van der Waals surface area contributed by atoms with Crippen molar-refractivity contribution >= 4 is 11.9 Å². The molecule has 3 atom stereocenters. The third kappa shape index (κ3) is 3.48. The highest BCUT2D eigenvalue weighted by atomic mass is 16.4. The van der Waals surface area contributed by atoms with E-state index in [1.807, 2.05) is 0 Å². The lowest BCUT2D eigenvalue weighted by molar-refractivity contribution is -0.143. The predicted octanol–water partition coefficient (Wildman–Crippen LogP) is 0.341. The molecule has 0 saturated heterocycles. The Morgan fingerprint density at radius 1 is 1.50 bits per heavy atom. The zero-order valence-corrected chi connectivity index (χ0v) is 9.61. The fourth-order valence-corrected chi connectivity index (χ4v) is 2.00. The molecule has 3 unspecified atom stereocenters. The first-order valence-corrected chi connectivity index (χ1v) is 5.77. The molecule has 0 spiro atoms. The molecule has 1 fully saturated rings. The smallest absolute Gasteiger partial charge is 0.306 e. The molecule has 0 heterocycles. The topological polar surface area (TPSA) is 92.4 Å². The maximum atomic E-state index is 11.6. The van der Waals surface area contributed by atoms with Gasteiger partial charge in [-0.3, -0.25) is 9.59 Å². The lowest BCUT2D eigenvalue weighted by atomic mass is 9.85. The molecule has 4 N–H and O–H groups in total. The highest BCUT2D eigenvalue weighted by Gasteiger charge is 2.28. The summed E-state index contributed by atoms with van der Waals surface area (Å²) >= 11 is 0. The number of nitrogens with two attached hydrogens (primary N) is 1. The third-order valence-electron chi connectivity index (χ3n) is 3.17. The van der Waals surface area contributed by atoms with Crippen molar-refractivity contribution < 1.29 is 14.7 Å². The van der Waals surface area contributed by atoms with Gasteiger partial charge in [0.05, 0.1) is 5.92 Å². The fourth-order valence-electron chi connectivity index (χ4n) is 2.00. The molecule has 5 heteroatoms. The first-order chi connectivity index (χ1) is 7.54. The Morgan fingerprint density at radius 2 is 2.19 bits per heavy atom. The molecule has 0 aromatic heterocycles. The standard InChI is InChI=1S/C11H20N2O3/c1-7(6-12)10(14)13-9-4-2-3-8(5-9)11(15)16/h7-9H,2-6,12H2,1H3,(H,13,14)(H,15,16). The average Bonchev–Trinajstić information content (AvgIpc) is 2.28. The number of rotatable bonds is 4. The van der Waals surface area contributed by atoms with Crippen LogP contribution in [0.3, 0.4) is 0 Å². The quantitative estimate of drug-likeness (QED) is 0.647. The lowest BCUT2D eigenvalue weighted by Crippen LogP contribution is -2.43. The Labute approximate surface area is 95.4 Å². The molecule has 1 rings (SSSR count). The van der Waals surface area contributed by atoms with Crippen molar-refractivity contribution in [3.8, 4) is 0 Å². The minimum absolute atomic E-state index is 0.00338. The zero-order chi connectivity index (χ0) is 12.1. The van der Waals surface area contributed by atoms with Crippen LogP contribution in [-0.2, 0) is 9.59 Å². The Morgan fingerprint density at radius 3 is 2.75 bits per heavy atom. The van der Waals surface area contributed by atoms with Crippen molar-refractivity contribution in [3.63, 3.8) is 0 Å². The first-order valence-electron chi connectivity index (χ1n) is 5.77. The summed E-state index contributed by atoms with van der Waals surface area (Å²) in [6.45, 7) is 2.09. The van der Waals surface area contributed by atoms with Gasteiger partial charge in [0.2, 0.25) is 5.91 Å². The lowest BCUT2D eigenvalue weighted by Gasteiger charge is -2.28. The van der Waals surface area contributed by atoms with E-state index in [0.717, 1.165) is 12.8 Å². The number of carbonyl (C=O) groups is 2. The van der Waals surface area contributed by atoms with Crippen molar-refractivity contribution in [3.05, 3.63) is 0 Å². The fraction of sp³-hybridized carbons (Fsp3) is 0.818. The van der Waals surface area contributed by atoms with Gasteiger partial charge in [-0.15, -0.1) is 0 Å². The largest absolute Gasteiger partial charge is 0.481 e. The van der Waals surface area contributed by atoms with Crippen LogP contribution >= 0.6 is 0 Å². The second-order valence-electron chi connectivity index (χ2n) is 4.54.